The Balaban J connectivity index is 2.80. The molecule has 0 saturated heterocycles. The molecule has 2 atom stereocenters. The van der Waals surface area contributed by atoms with Crippen molar-refractivity contribution in [2.24, 2.45) is 5.11 Å². The zero-order chi connectivity index (χ0) is 13.5. The van der Waals surface area contributed by atoms with Crippen molar-refractivity contribution >= 4 is 11.6 Å². The average molecular weight is 267 g/mol. The topological polar surface area (TPSA) is 113 Å². The van der Waals surface area contributed by atoms with Crippen LogP contribution in [-0.4, -0.2) is 22.9 Å². The predicted octanol–water partition coefficient (Wildman–Crippen LogP) is 2.31. The van der Waals surface area contributed by atoms with Crippen molar-refractivity contribution in [3.8, 4) is 6.07 Å². The van der Waals surface area contributed by atoms with E-state index in [9.17, 15) is 10.2 Å². The molecule has 0 amide bonds. The zero-order valence-electron chi connectivity index (χ0n) is 9.36. The molecule has 0 aliphatic rings. The molecule has 6 nitrogen and oxygen atoms in total. The summed E-state index contributed by atoms with van der Waals surface area (Å²) in [6.07, 6.45) is -2.08. The molecular formula is C11H11ClN4O2. The van der Waals surface area contributed by atoms with Crippen LogP contribution in [0.25, 0.3) is 10.4 Å². The van der Waals surface area contributed by atoms with Gasteiger partial charge in [0.1, 0.15) is 12.2 Å². The molecule has 2 unspecified atom stereocenters. The molecule has 2 N–H and O–H groups in total. The van der Waals surface area contributed by atoms with Crippen molar-refractivity contribution < 1.29 is 10.2 Å². The highest BCUT2D eigenvalue weighted by Gasteiger charge is 2.18. The molecule has 0 aromatic heterocycles. The van der Waals surface area contributed by atoms with Crippen LogP contribution in [0.3, 0.4) is 0 Å². The van der Waals surface area contributed by atoms with Crippen LogP contribution in [0.5, 0.6) is 0 Å². The second-order valence-corrected chi connectivity index (χ2v) is 4.01. The van der Waals surface area contributed by atoms with Crippen molar-refractivity contribution in [2.75, 3.05) is 6.54 Å². The molecule has 0 fully saturated rings. The molecule has 1 rings (SSSR count). The van der Waals surface area contributed by atoms with Crippen molar-refractivity contribution in [3.63, 3.8) is 0 Å². The molecule has 1 aromatic rings. The maximum Gasteiger partial charge on any atom is 0.105 e. The third kappa shape index (κ3) is 3.62. The van der Waals surface area contributed by atoms with Gasteiger partial charge in [-0.3, -0.25) is 0 Å². The summed E-state index contributed by atoms with van der Waals surface area (Å²) in [5, 5.41) is 31.9. The van der Waals surface area contributed by atoms with E-state index in [4.69, 9.17) is 22.4 Å². The number of nitriles is 1. The van der Waals surface area contributed by atoms with E-state index in [0.29, 0.717) is 5.56 Å². The largest absolute Gasteiger partial charge is 0.390 e. The number of azide groups is 1. The van der Waals surface area contributed by atoms with Gasteiger partial charge in [-0.15, -0.1) is 0 Å². The van der Waals surface area contributed by atoms with Gasteiger partial charge >= 0.3 is 0 Å². The van der Waals surface area contributed by atoms with E-state index < -0.39 is 12.2 Å². The van der Waals surface area contributed by atoms with E-state index in [1.807, 2.05) is 6.07 Å². The Bertz CT molecular complexity index is 508. The average Bonchev–Trinajstić information content (AvgIpc) is 2.38. The molecule has 18 heavy (non-hydrogen) atoms. The van der Waals surface area contributed by atoms with Gasteiger partial charge in [0.05, 0.1) is 16.7 Å². The van der Waals surface area contributed by atoms with E-state index >= 15 is 0 Å². The highest BCUT2D eigenvalue weighted by molar-refractivity contribution is 6.31. The highest BCUT2D eigenvalue weighted by atomic mass is 35.5. The monoisotopic (exact) mass is 266 g/mol. The molecule has 0 spiro atoms. The number of rotatable bonds is 5. The number of benzene rings is 1. The lowest BCUT2D eigenvalue weighted by Gasteiger charge is -2.17. The van der Waals surface area contributed by atoms with Crippen LogP contribution < -0.4 is 0 Å². The fourth-order valence-corrected chi connectivity index (χ4v) is 1.59. The van der Waals surface area contributed by atoms with Crippen LogP contribution >= 0.6 is 11.6 Å². The third-order valence-electron chi connectivity index (χ3n) is 2.40. The van der Waals surface area contributed by atoms with Gasteiger partial charge in [-0.05, 0) is 29.6 Å². The van der Waals surface area contributed by atoms with Gasteiger partial charge in [0.25, 0.3) is 0 Å². The molecule has 0 saturated carbocycles. The standard InChI is InChI=1S/C11H11ClN4O2/c12-9-2-1-7(5-8(9)6-13)11(18)10(17)3-4-15-16-14/h1-2,5,10-11,17-18H,3-4H2. The normalized spacial score (nSPS) is 13.2. The fraction of sp³-hybridized carbons (Fsp3) is 0.364. The molecule has 1 aromatic carbocycles. The van der Waals surface area contributed by atoms with E-state index in [0.717, 1.165) is 0 Å². The lowest BCUT2D eigenvalue weighted by atomic mass is 10.0. The van der Waals surface area contributed by atoms with Gasteiger partial charge in [-0.25, -0.2) is 0 Å². The molecule has 0 heterocycles. The lowest BCUT2D eigenvalue weighted by molar-refractivity contribution is 0.0150. The Labute approximate surface area is 109 Å². The van der Waals surface area contributed by atoms with Gasteiger partial charge in [0.2, 0.25) is 0 Å². The Morgan fingerprint density at radius 3 is 2.83 bits per heavy atom. The summed E-state index contributed by atoms with van der Waals surface area (Å²) < 4.78 is 0. The first-order valence-corrected chi connectivity index (χ1v) is 5.54. The first kappa shape index (κ1) is 14.3. The summed E-state index contributed by atoms with van der Waals surface area (Å²) in [7, 11) is 0. The van der Waals surface area contributed by atoms with E-state index in [1.165, 1.54) is 18.2 Å². The van der Waals surface area contributed by atoms with Crippen molar-refractivity contribution in [1.29, 1.82) is 5.26 Å². The minimum Gasteiger partial charge on any atom is -0.390 e. The number of nitrogens with zero attached hydrogens (tertiary/aromatic N) is 4. The quantitative estimate of drug-likeness (QED) is 0.484. The van der Waals surface area contributed by atoms with Crippen molar-refractivity contribution in [1.82, 2.24) is 0 Å². The number of aliphatic hydroxyl groups is 2. The van der Waals surface area contributed by atoms with Crippen LogP contribution in [0.1, 0.15) is 23.7 Å². The fourth-order valence-electron chi connectivity index (χ4n) is 1.43. The zero-order valence-corrected chi connectivity index (χ0v) is 10.1. The first-order valence-electron chi connectivity index (χ1n) is 5.16. The molecule has 0 aliphatic heterocycles. The van der Waals surface area contributed by atoms with Crippen LogP contribution in [-0.2, 0) is 0 Å². The molecule has 0 aliphatic carbocycles. The molecule has 94 valence electrons. The van der Waals surface area contributed by atoms with Gasteiger partial charge in [-0.1, -0.05) is 22.8 Å². The second kappa shape index (κ2) is 6.84. The van der Waals surface area contributed by atoms with E-state index in [2.05, 4.69) is 10.0 Å². The van der Waals surface area contributed by atoms with Crippen LogP contribution in [0.2, 0.25) is 5.02 Å². The lowest BCUT2D eigenvalue weighted by Crippen LogP contribution is -2.19. The number of hydrogen-bond acceptors (Lipinski definition) is 4. The van der Waals surface area contributed by atoms with Crippen LogP contribution in [0.15, 0.2) is 23.3 Å². The molecule has 7 heteroatoms. The predicted molar refractivity (Wildman–Crippen MR) is 65.8 cm³/mol. The van der Waals surface area contributed by atoms with Crippen molar-refractivity contribution in [3.05, 3.63) is 44.8 Å². The Hall–Kier alpha value is -1.77. The molecule has 0 bridgehead atoms. The minimum absolute atomic E-state index is 0.0907. The van der Waals surface area contributed by atoms with Gasteiger partial charge in [-0.2, -0.15) is 5.26 Å². The van der Waals surface area contributed by atoms with Gasteiger partial charge in [0, 0.05) is 11.5 Å². The third-order valence-corrected chi connectivity index (χ3v) is 2.73. The summed E-state index contributed by atoms with van der Waals surface area (Å²) in [5.41, 5.74) is 8.72. The van der Waals surface area contributed by atoms with E-state index in [-0.39, 0.29) is 23.6 Å². The molecule has 0 radical (unpaired) electrons. The second-order valence-electron chi connectivity index (χ2n) is 3.61. The smallest absolute Gasteiger partial charge is 0.105 e. The number of hydrogen-bond donors (Lipinski definition) is 2. The van der Waals surface area contributed by atoms with Crippen LogP contribution in [0.4, 0.5) is 0 Å². The van der Waals surface area contributed by atoms with Gasteiger partial charge in [0.15, 0.2) is 0 Å². The summed E-state index contributed by atoms with van der Waals surface area (Å²) in [6, 6.07) is 6.33. The maximum absolute atomic E-state index is 9.86. The number of aliphatic hydroxyl groups excluding tert-OH is 2. The SMILES string of the molecule is N#Cc1cc(C(O)C(O)CCN=[N+]=[N-])ccc1Cl. The summed E-state index contributed by atoms with van der Waals surface area (Å²) >= 11 is 5.76. The highest BCUT2D eigenvalue weighted by Crippen LogP contribution is 2.24. The summed E-state index contributed by atoms with van der Waals surface area (Å²) in [6.45, 7) is 0.0907. The Morgan fingerprint density at radius 2 is 2.22 bits per heavy atom. The van der Waals surface area contributed by atoms with Crippen molar-refractivity contribution in [2.45, 2.75) is 18.6 Å². The van der Waals surface area contributed by atoms with Crippen LogP contribution in [0, 0.1) is 11.3 Å². The Kier molecular flexibility index (Phi) is 5.43. The summed E-state index contributed by atoms with van der Waals surface area (Å²) in [5.74, 6) is 0. The first-order chi connectivity index (χ1) is 8.60. The Morgan fingerprint density at radius 1 is 1.50 bits per heavy atom. The molecular weight excluding hydrogens is 256 g/mol. The maximum atomic E-state index is 9.86. The number of halogens is 1. The summed E-state index contributed by atoms with van der Waals surface area (Å²) in [4.78, 5) is 2.55. The van der Waals surface area contributed by atoms with Gasteiger partial charge < -0.3 is 10.2 Å². The van der Waals surface area contributed by atoms with E-state index in [1.54, 1.807) is 0 Å². The minimum atomic E-state index is -1.15.